The Morgan fingerprint density at radius 2 is 1.68 bits per heavy atom. The smallest absolute Gasteiger partial charge is 0.255 e. The fourth-order valence-corrected chi connectivity index (χ4v) is 6.81. The van der Waals surface area contributed by atoms with Gasteiger partial charge < -0.3 is 19.9 Å². The van der Waals surface area contributed by atoms with Crippen LogP contribution >= 0.6 is 0 Å². The Balaban J connectivity index is 1.18. The first-order valence-corrected chi connectivity index (χ1v) is 14.9. The first-order valence-electron chi connectivity index (χ1n) is 13.0. The predicted octanol–water partition coefficient (Wildman–Crippen LogP) is 2.38. The third kappa shape index (κ3) is 5.89. The van der Waals surface area contributed by atoms with Crippen LogP contribution in [0, 0.1) is 17.8 Å². The highest BCUT2D eigenvalue weighted by molar-refractivity contribution is 7.90. The van der Waals surface area contributed by atoms with Crippen molar-refractivity contribution in [1.82, 2.24) is 15.1 Å². The summed E-state index contributed by atoms with van der Waals surface area (Å²) in [7, 11) is -3.48. The molecule has 2 amide bonds. The third-order valence-corrected chi connectivity index (χ3v) is 9.07. The SMILES string of the molecule is CS(=O)(=O)c1ccccc1C(=O)N1CC2CN(CC[C@H](NC(=O)C3CCOC3)c3ccccc3)CC2C1. The molecule has 3 fully saturated rings. The molecule has 0 radical (unpaired) electrons. The van der Waals surface area contributed by atoms with Crippen molar-refractivity contribution in [2.75, 3.05) is 52.2 Å². The van der Waals surface area contributed by atoms with Crippen LogP contribution in [0.3, 0.4) is 0 Å². The van der Waals surface area contributed by atoms with Gasteiger partial charge in [-0.1, -0.05) is 42.5 Å². The van der Waals surface area contributed by atoms with E-state index in [0.717, 1.165) is 44.3 Å². The maximum Gasteiger partial charge on any atom is 0.255 e. The molecule has 0 spiro atoms. The summed E-state index contributed by atoms with van der Waals surface area (Å²) in [5.74, 6) is 0.524. The number of carbonyl (C=O) groups is 2. The van der Waals surface area contributed by atoms with Crippen molar-refractivity contribution < 1.29 is 22.7 Å². The van der Waals surface area contributed by atoms with Crippen LogP contribution in [0.4, 0.5) is 0 Å². The number of amides is 2. The Labute approximate surface area is 218 Å². The number of rotatable bonds is 8. The molecule has 0 saturated carbocycles. The lowest BCUT2D eigenvalue weighted by molar-refractivity contribution is -0.125. The number of benzene rings is 2. The number of carbonyl (C=O) groups excluding carboxylic acids is 2. The van der Waals surface area contributed by atoms with Crippen LogP contribution in [0.1, 0.15) is 34.8 Å². The minimum absolute atomic E-state index is 0.0553. The zero-order chi connectivity index (χ0) is 26.0. The molecule has 2 aromatic carbocycles. The maximum absolute atomic E-state index is 13.2. The molecule has 3 aliphatic rings. The summed E-state index contributed by atoms with van der Waals surface area (Å²) >= 11 is 0. The van der Waals surface area contributed by atoms with Gasteiger partial charge in [-0.25, -0.2) is 8.42 Å². The summed E-state index contributed by atoms with van der Waals surface area (Å²) in [6, 6.07) is 16.5. The number of likely N-dealkylation sites (tertiary alicyclic amines) is 2. The number of nitrogens with zero attached hydrogens (tertiary/aromatic N) is 2. The van der Waals surface area contributed by atoms with Crippen LogP contribution in [0.15, 0.2) is 59.5 Å². The first kappa shape index (κ1) is 25.9. The quantitative estimate of drug-likeness (QED) is 0.569. The van der Waals surface area contributed by atoms with Crippen molar-refractivity contribution in [3.8, 4) is 0 Å². The van der Waals surface area contributed by atoms with Crippen LogP contribution in [0.25, 0.3) is 0 Å². The average molecular weight is 526 g/mol. The Hall–Kier alpha value is -2.75. The molecule has 8 nitrogen and oxygen atoms in total. The third-order valence-electron chi connectivity index (χ3n) is 7.92. The van der Waals surface area contributed by atoms with Crippen LogP contribution < -0.4 is 5.32 Å². The Kier molecular flexibility index (Phi) is 7.65. The van der Waals surface area contributed by atoms with Gasteiger partial charge in [0.2, 0.25) is 5.91 Å². The molecule has 3 saturated heterocycles. The van der Waals surface area contributed by atoms with Gasteiger partial charge in [-0.2, -0.15) is 0 Å². The van der Waals surface area contributed by atoms with Gasteiger partial charge in [0.25, 0.3) is 5.91 Å². The standard InChI is InChI=1S/C28H35N3O5S/c1-37(34,35)26-10-6-5-9-24(26)28(33)31-17-22-15-30(16-23(22)18-31)13-11-25(20-7-3-2-4-8-20)29-27(32)21-12-14-36-19-21/h2-10,21-23,25H,11-19H2,1H3,(H,29,32)/t21?,22?,23?,25-/m0/s1. The number of sulfone groups is 1. The molecular formula is C28H35N3O5S. The number of hydrogen-bond donors (Lipinski definition) is 1. The van der Waals surface area contributed by atoms with Crippen molar-refractivity contribution in [3.05, 3.63) is 65.7 Å². The summed E-state index contributed by atoms with van der Waals surface area (Å²) in [4.78, 5) is 30.4. The van der Waals surface area contributed by atoms with Crippen LogP contribution in [0.2, 0.25) is 0 Å². The summed E-state index contributed by atoms with van der Waals surface area (Å²) < 4.78 is 29.7. The lowest BCUT2D eigenvalue weighted by Crippen LogP contribution is -2.37. The number of fused-ring (bicyclic) bond motifs is 1. The van der Waals surface area contributed by atoms with E-state index in [-0.39, 0.29) is 34.2 Å². The molecule has 4 atom stereocenters. The van der Waals surface area contributed by atoms with Gasteiger partial charge in [-0.3, -0.25) is 9.59 Å². The molecule has 9 heteroatoms. The molecule has 198 valence electrons. The van der Waals surface area contributed by atoms with E-state index in [4.69, 9.17) is 4.74 Å². The second-order valence-corrected chi connectivity index (χ2v) is 12.6. The predicted molar refractivity (Wildman–Crippen MR) is 140 cm³/mol. The van der Waals surface area contributed by atoms with E-state index in [1.807, 2.05) is 23.1 Å². The summed E-state index contributed by atoms with van der Waals surface area (Å²) in [6.45, 7) is 5.06. The fraction of sp³-hybridized carbons (Fsp3) is 0.500. The van der Waals surface area contributed by atoms with Crippen molar-refractivity contribution >= 4 is 21.7 Å². The molecule has 3 unspecified atom stereocenters. The van der Waals surface area contributed by atoms with Gasteiger partial charge in [0.05, 0.1) is 29.0 Å². The van der Waals surface area contributed by atoms with Crippen molar-refractivity contribution in [2.45, 2.75) is 23.8 Å². The molecule has 3 heterocycles. The normalized spacial score (nSPS) is 24.7. The minimum atomic E-state index is -3.48. The Bertz CT molecular complexity index is 1220. The molecule has 2 aromatic rings. The van der Waals surface area contributed by atoms with Gasteiger partial charge in [0, 0.05) is 45.6 Å². The lowest BCUT2D eigenvalue weighted by Gasteiger charge is -2.25. The molecule has 0 aliphatic carbocycles. The lowest BCUT2D eigenvalue weighted by atomic mass is 10.0. The molecule has 1 N–H and O–H groups in total. The first-order chi connectivity index (χ1) is 17.8. The zero-order valence-electron chi connectivity index (χ0n) is 21.2. The van der Waals surface area contributed by atoms with E-state index in [1.165, 1.54) is 6.07 Å². The molecule has 3 aliphatic heterocycles. The van der Waals surface area contributed by atoms with E-state index in [2.05, 4.69) is 22.3 Å². The molecule has 0 bridgehead atoms. The number of ether oxygens (including phenoxy) is 1. The topological polar surface area (TPSA) is 96.0 Å². The highest BCUT2D eigenvalue weighted by Gasteiger charge is 2.42. The van der Waals surface area contributed by atoms with E-state index in [1.54, 1.807) is 18.2 Å². The van der Waals surface area contributed by atoms with Crippen molar-refractivity contribution in [1.29, 1.82) is 0 Å². The number of hydrogen-bond acceptors (Lipinski definition) is 6. The Morgan fingerprint density at radius 1 is 1.00 bits per heavy atom. The van der Waals surface area contributed by atoms with Crippen molar-refractivity contribution in [3.63, 3.8) is 0 Å². The van der Waals surface area contributed by atoms with Crippen LogP contribution in [0.5, 0.6) is 0 Å². The van der Waals surface area contributed by atoms with Gasteiger partial charge in [0.1, 0.15) is 0 Å². The van der Waals surface area contributed by atoms with Gasteiger partial charge >= 0.3 is 0 Å². The van der Waals surface area contributed by atoms with Gasteiger partial charge in [-0.15, -0.1) is 0 Å². The average Bonchev–Trinajstić information content (AvgIpc) is 3.63. The largest absolute Gasteiger partial charge is 0.381 e. The molecule has 0 aromatic heterocycles. The van der Waals surface area contributed by atoms with E-state index in [9.17, 15) is 18.0 Å². The van der Waals surface area contributed by atoms with Gasteiger partial charge in [0.15, 0.2) is 9.84 Å². The fourth-order valence-electron chi connectivity index (χ4n) is 5.93. The number of nitrogens with one attached hydrogen (secondary N) is 1. The highest BCUT2D eigenvalue weighted by Crippen LogP contribution is 2.33. The second kappa shape index (κ2) is 10.9. The van der Waals surface area contributed by atoms with E-state index < -0.39 is 9.84 Å². The van der Waals surface area contributed by atoms with Gasteiger partial charge in [-0.05, 0) is 42.4 Å². The minimum Gasteiger partial charge on any atom is -0.381 e. The summed E-state index contributed by atoms with van der Waals surface area (Å²) in [5.41, 5.74) is 1.37. The summed E-state index contributed by atoms with van der Waals surface area (Å²) in [6.07, 6.45) is 2.72. The zero-order valence-corrected chi connectivity index (χ0v) is 22.0. The van der Waals surface area contributed by atoms with Crippen molar-refractivity contribution in [2.24, 2.45) is 17.8 Å². The monoisotopic (exact) mass is 525 g/mol. The Morgan fingerprint density at radius 3 is 2.32 bits per heavy atom. The highest BCUT2D eigenvalue weighted by atomic mass is 32.2. The maximum atomic E-state index is 13.2. The van der Waals surface area contributed by atoms with E-state index in [0.29, 0.717) is 38.1 Å². The van der Waals surface area contributed by atoms with Crippen LogP contribution in [-0.4, -0.2) is 82.2 Å². The summed E-state index contributed by atoms with van der Waals surface area (Å²) in [5, 5.41) is 3.26. The molecular weight excluding hydrogens is 490 g/mol. The van der Waals surface area contributed by atoms with E-state index >= 15 is 0 Å². The van der Waals surface area contributed by atoms with Crippen LogP contribution in [-0.2, 0) is 19.4 Å². The molecule has 5 rings (SSSR count). The second-order valence-electron chi connectivity index (χ2n) is 10.6. The molecule has 37 heavy (non-hydrogen) atoms.